The van der Waals surface area contributed by atoms with Crippen LogP contribution in [-0.2, 0) is 4.74 Å². The molecule has 2 nitrogen and oxygen atoms in total. The predicted octanol–water partition coefficient (Wildman–Crippen LogP) is 1.34. The fourth-order valence-corrected chi connectivity index (χ4v) is 1.98. The van der Waals surface area contributed by atoms with E-state index in [1.807, 2.05) is 0 Å². The molecule has 11 heavy (non-hydrogen) atoms. The van der Waals surface area contributed by atoms with E-state index in [1.54, 1.807) is 0 Å². The van der Waals surface area contributed by atoms with Crippen molar-refractivity contribution in [2.24, 2.45) is 0 Å². The van der Waals surface area contributed by atoms with Crippen LogP contribution in [0.3, 0.4) is 0 Å². The number of ether oxygens (including phenoxy) is 1. The average Bonchev–Trinajstić information content (AvgIpc) is 2.05. The Morgan fingerprint density at radius 2 is 2.00 bits per heavy atom. The molecule has 2 atom stereocenters. The van der Waals surface area contributed by atoms with Crippen LogP contribution in [0.5, 0.6) is 0 Å². The van der Waals surface area contributed by atoms with Crippen LogP contribution in [0.1, 0.15) is 25.7 Å². The molecule has 0 spiro atoms. The number of hydrogen-bond donors (Lipinski definition) is 1. The zero-order valence-electron chi connectivity index (χ0n) is 6.71. The molecule has 1 aliphatic carbocycles. The average molecular weight is 178 g/mol. The van der Waals surface area contributed by atoms with E-state index in [1.165, 1.54) is 25.7 Å². The summed E-state index contributed by atoms with van der Waals surface area (Å²) in [5, 5.41) is 3.50. The molecule has 0 bridgehead atoms. The van der Waals surface area contributed by atoms with Gasteiger partial charge in [0, 0.05) is 12.6 Å². The molecule has 0 unspecified atom stereocenters. The highest BCUT2D eigenvalue weighted by Gasteiger charge is 2.27. The van der Waals surface area contributed by atoms with E-state index in [0.29, 0.717) is 12.1 Å². The Labute approximate surface area is 74.1 Å². The third-order valence-corrected chi connectivity index (χ3v) is 2.54. The van der Waals surface area contributed by atoms with E-state index in [4.69, 9.17) is 4.74 Å². The lowest BCUT2D eigenvalue weighted by atomic mass is 9.92. The molecule has 1 saturated heterocycles. The smallest absolute Gasteiger partial charge is 0.0728 e. The highest BCUT2D eigenvalue weighted by atomic mass is 35.5. The molecule has 3 heteroatoms. The van der Waals surface area contributed by atoms with Crippen molar-refractivity contribution >= 4 is 12.4 Å². The highest BCUT2D eigenvalue weighted by molar-refractivity contribution is 5.85. The number of fused-ring (bicyclic) bond motifs is 1. The molecule has 0 radical (unpaired) electrons. The molecule has 0 aromatic rings. The minimum Gasteiger partial charge on any atom is -0.375 e. The van der Waals surface area contributed by atoms with Crippen molar-refractivity contribution in [2.45, 2.75) is 37.8 Å². The van der Waals surface area contributed by atoms with E-state index in [2.05, 4.69) is 5.32 Å². The lowest BCUT2D eigenvalue weighted by molar-refractivity contribution is -0.0235. The molecule has 1 saturated carbocycles. The fraction of sp³-hybridized carbons (Fsp3) is 1.00. The largest absolute Gasteiger partial charge is 0.375 e. The molecule has 1 aliphatic heterocycles. The zero-order chi connectivity index (χ0) is 6.81. The highest BCUT2D eigenvalue weighted by Crippen LogP contribution is 2.22. The lowest BCUT2D eigenvalue weighted by Gasteiger charge is -2.36. The van der Waals surface area contributed by atoms with E-state index >= 15 is 0 Å². The summed E-state index contributed by atoms with van der Waals surface area (Å²) in [5.41, 5.74) is 0. The number of morpholine rings is 1. The summed E-state index contributed by atoms with van der Waals surface area (Å²) >= 11 is 0. The van der Waals surface area contributed by atoms with E-state index < -0.39 is 0 Å². The van der Waals surface area contributed by atoms with Crippen LogP contribution in [0.25, 0.3) is 0 Å². The van der Waals surface area contributed by atoms with Crippen molar-refractivity contribution in [2.75, 3.05) is 13.2 Å². The summed E-state index contributed by atoms with van der Waals surface area (Å²) in [6.45, 7) is 1.97. The van der Waals surface area contributed by atoms with Gasteiger partial charge in [-0.15, -0.1) is 12.4 Å². The molecule has 2 fully saturated rings. The Morgan fingerprint density at radius 1 is 1.18 bits per heavy atom. The molecular formula is C8H16ClNO. The Bertz CT molecular complexity index is 94.7. The first kappa shape index (κ1) is 9.30. The van der Waals surface area contributed by atoms with Gasteiger partial charge < -0.3 is 10.1 Å². The van der Waals surface area contributed by atoms with Gasteiger partial charge in [-0.05, 0) is 12.8 Å². The summed E-state index contributed by atoms with van der Waals surface area (Å²) in [7, 11) is 0. The van der Waals surface area contributed by atoms with Crippen LogP contribution in [-0.4, -0.2) is 25.3 Å². The summed E-state index contributed by atoms with van der Waals surface area (Å²) in [6.07, 6.45) is 5.89. The topological polar surface area (TPSA) is 21.3 Å². The fourth-order valence-electron chi connectivity index (χ4n) is 1.98. The van der Waals surface area contributed by atoms with Gasteiger partial charge in [0.25, 0.3) is 0 Å². The van der Waals surface area contributed by atoms with Crippen molar-refractivity contribution in [1.82, 2.24) is 5.32 Å². The Kier molecular flexibility index (Phi) is 3.63. The maximum absolute atomic E-state index is 5.62. The molecule has 0 aromatic heterocycles. The van der Waals surface area contributed by atoms with Gasteiger partial charge >= 0.3 is 0 Å². The van der Waals surface area contributed by atoms with Gasteiger partial charge in [0.15, 0.2) is 0 Å². The maximum Gasteiger partial charge on any atom is 0.0728 e. The SMILES string of the molecule is C1CC[C@H]2NCCO[C@H]2C1.Cl. The number of rotatable bonds is 0. The molecule has 2 aliphatic rings. The van der Waals surface area contributed by atoms with Gasteiger partial charge in [-0.2, -0.15) is 0 Å². The van der Waals surface area contributed by atoms with Crippen molar-refractivity contribution in [1.29, 1.82) is 0 Å². The Balaban J connectivity index is 0.000000605. The van der Waals surface area contributed by atoms with Crippen LogP contribution in [0.4, 0.5) is 0 Å². The van der Waals surface area contributed by atoms with Gasteiger partial charge in [-0.25, -0.2) is 0 Å². The van der Waals surface area contributed by atoms with E-state index in [0.717, 1.165) is 13.2 Å². The number of nitrogens with one attached hydrogen (secondary N) is 1. The Morgan fingerprint density at radius 3 is 2.82 bits per heavy atom. The third kappa shape index (κ3) is 2.08. The van der Waals surface area contributed by atoms with Crippen molar-refractivity contribution in [3.8, 4) is 0 Å². The van der Waals surface area contributed by atoms with Gasteiger partial charge in [0.05, 0.1) is 12.7 Å². The van der Waals surface area contributed by atoms with Crippen LogP contribution in [0.15, 0.2) is 0 Å². The Hall–Kier alpha value is 0.210. The molecule has 66 valence electrons. The second-order valence-corrected chi connectivity index (χ2v) is 3.25. The molecular weight excluding hydrogens is 162 g/mol. The van der Waals surface area contributed by atoms with Crippen LogP contribution in [0.2, 0.25) is 0 Å². The van der Waals surface area contributed by atoms with Crippen LogP contribution in [0, 0.1) is 0 Å². The molecule has 1 N–H and O–H groups in total. The molecule has 1 heterocycles. The molecule has 0 amide bonds. The van der Waals surface area contributed by atoms with Crippen LogP contribution < -0.4 is 5.32 Å². The molecule has 2 rings (SSSR count). The molecule has 0 aromatic carbocycles. The van der Waals surface area contributed by atoms with Crippen molar-refractivity contribution in [3.63, 3.8) is 0 Å². The van der Waals surface area contributed by atoms with Crippen molar-refractivity contribution < 1.29 is 4.74 Å². The zero-order valence-corrected chi connectivity index (χ0v) is 7.53. The van der Waals surface area contributed by atoms with Crippen molar-refractivity contribution in [3.05, 3.63) is 0 Å². The maximum atomic E-state index is 5.62. The van der Waals surface area contributed by atoms with E-state index in [9.17, 15) is 0 Å². The van der Waals surface area contributed by atoms with Gasteiger partial charge in [-0.1, -0.05) is 12.8 Å². The second-order valence-electron chi connectivity index (χ2n) is 3.25. The van der Waals surface area contributed by atoms with Gasteiger partial charge in [-0.3, -0.25) is 0 Å². The van der Waals surface area contributed by atoms with Gasteiger partial charge in [0.2, 0.25) is 0 Å². The first-order valence-corrected chi connectivity index (χ1v) is 4.32. The summed E-state index contributed by atoms with van der Waals surface area (Å²) < 4.78 is 5.62. The minimum atomic E-state index is 0. The normalized spacial score (nSPS) is 37.1. The number of hydrogen-bond acceptors (Lipinski definition) is 2. The summed E-state index contributed by atoms with van der Waals surface area (Å²) in [5.74, 6) is 0. The standard InChI is InChI=1S/C8H15NO.ClH/c1-2-4-8-7(3-1)9-5-6-10-8;/h7-9H,1-6H2;1H/t7-,8+;/m1./s1. The van der Waals surface area contributed by atoms with Gasteiger partial charge in [0.1, 0.15) is 0 Å². The first-order valence-electron chi connectivity index (χ1n) is 4.32. The third-order valence-electron chi connectivity index (χ3n) is 2.54. The second kappa shape index (κ2) is 4.29. The first-order chi connectivity index (χ1) is 4.97. The van der Waals surface area contributed by atoms with E-state index in [-0.39, 0.29) is 12.4 Å². The predicted molar refractivity (Wildman–Crippen MR) is 47.2 cm³/mol. The van der Waals surface area contributed by atoms with Crippen LogP contribution >= 0.6 is 12.4 Å². The summed E-state index contributed by atoms with van der Waals surface area (Å²) in [6, 6.07) is 0.683. The minimum absolute atomic E-state index is 0. The lowest BCUT2D eigenvalue weighted by Crippen LogP contribution is -2.49. The monoisotopic (exact) mass is 177 g/mol. The summed E-state index contributed by atoms with van der Waals surface area (Å²) in [4.78, 5) is 0. The quantitative estimate of drug-likeness (QED) is 0.603. The number of halogens is 1.